The summed E-state index contributed by atoms with van der Waals surface area (Å²) >= 11 is 0. The Hall–Kier alpha value is -0.570. The standard InChI is InChI=1S/C13H24N2O/c1-10(11-5-4-6-11)15-12(16)13(9-14)7-2-3-8-13/h10-11H,2-9,14H2,1H3,(H,15,16). The molecule has 1 unspecified atom stereocenters. The van der Waals surface area contributed by atoms with E-state index >= 15 is 0 Å². The highest BCUT2D eigenvalue weighted by Gasteiger charge is 2.40. The maximum absolute atomic E-state index is 12.3. The van der Waals surface area contributed by atoms with Crippen LogP contribution in [-0.2, 0) is 4.79 Å². The third kappa shape index (κ3) is 2.10. The number of hydrogen-bond acceptors (Lipinski definition) is 2. The first kappa shape index (κ1) is 11.9. The molecule has 0 aromatic rings. The summed E-state index contributed by atoms with van der Waals surface area (Å²) < 4.78 is 0. The summed E-state index contributed by atoms with van der Waals surface area (Å²) in [6.45, 7) is 2.65. The summed E-state index contributed by atoms with van der Waals surface area (Å²) in [4.78, 5) is 12.3. The molecular formula is C13H24N2O. The molecule has 1 amide bonds. The molecule has 0 saturated heterocycles. The number of amides is 1. The quantitative estimate of drug-likeness (QED) is 0.765. The van der Waals surface area contributed by atoms with Crippen LogP contribution in [0.25, 0.3) is 0 Å². The van der Waals surface area contributed by atoms with Crippen LogP contribution in [0.5, 0.6) is 0 Å². The van der Waals surface area contributed by atoms with Crippen LogP contribution in [0.4, 0.5) is 0 Å². The fourth-order valence-electron chi connectivity index (χ4n) is 2.99. The van der Waals surface area contributed by atoms with Crippen LogP contribution in [0, 0.1) is 11.3 Å². The van der Waals surface area contributed by atoms with Gasteiger partial charge in [0.1, 0.15) is 0 Å². The monoisotopic (exact) mass is 224 g/mol. The molecule has 3 nitrogen and oxygen atoms in total. The average Bonchev–Trinajstić information content (AvgIpc) is 2.63. The third-order valence-electron chi connectivity index (χ3n) is 4.65. The molecule has 2 aliphatic carbocycles. The van der Waals surface area contributed by atoms with Gasteiger partial charge in [-0.3, -0.25) is 4.79 Å². The molecule has 2 rings (SSSR count). The molecule has 3 N–H and O–H groups in total. The number of nitrogens with two attached hydrogens (primary N) is 1. The summed E-state index contributed by atoms with van der Waals surface area (Å²) in [6.07, 6.45) is 8.14. The molecule has 2 fully saturated rings. The molecule has 1 atom stereocenters. The van der Waals surface area contributed by atoms with Crippen LogP contribution in [0.15, 0.2) is 0 Å². The largest absolute Gasteiger partial charge is 0.353 e. The van der Waals surface area contributed by atoms with Gasteiger partial charge in [-0.2, -0.15) is 0 Å². The number of carbonyl (C=O) groups is 1. The Bertz CT molecular complexity index is 255. The molecule has 0 bridgehead atoms. The van der Waals surface area contributed by atoms with Gasteiger partial charge in [0, 0.05) is 12.6 Å². The Morgan fingerprint density at radius 2 is 2.00 bits per heavy atom. The molecule has 0 aromatic carbocycles. The van der Waals surface area contributed by atoms with Crippen molar-refractivity contribution < 1.29 is 4.79 Å². The first-order valence-corrected chi connectivity index (χ1v) is 6.69. The minimum atomic E-state index is -0.238. The minimum absolute atomic E-state index is 0.215. The lowest BCUT2D eigenvalue weighted by molar-refractivity contribution is -0.131. The molecule has 0 spiro atoms. The summed E-state index contributed by atoms with van der Waals surface area (Å²) in [6, 6.07) is 0.338. The molecular weight excluding hydrogens is 200 g/mol. The summed E-state index contributed by atoms with van der Waals surface area (Å²) in [7, 11) is 0. The van der Waals surface area contributed by atoms with Gasteiger partial charge < -0.3 is 11.1 Å². The summed E-state index contributed by atoms with van der Waals surface area (Å²) in [5.41, 5.74) is 5.57. The highest BCUT2D eigenvalue weighted by atomic mass is 16.2. The minimum Gasteiger partial charge on any atom is -0.353 e. The van der Waals surface area contributed by atoms with Gasteiger partial charge in [-0.25, -0.2) is 0 Å². The highest BCUT2D eigenvalue weighted by molar-refractivity contribution is 5.83. The first-order valence-electron chi connectivity index (χ1n) is 6.69. The van der Waals surface area contributed by atoms with Gasteiger partial charge >= 0.3 is 0 Å². The van der Waals surface area contributed by atoms with Gasteiger partial charge in [0.15, 0.2) is 0 Å². The molecule has 16 heavy (non-hydrogen) atoms. The van der Waals surface area contributed by atoms with Crippen molar-refractivity contribution in [3.05, 3.63) is 0 Å². The molecule has 0 radical (unpaired) electrons. The van der Waals surface area contributed by atoms with Crippen LogP contribution in [0.2, 0.25) is 0 Å². The predicted octanol–water partition coefficient (Wildman–Crippen LogP) is 1.81. The molecule has 2 saturated carbocycles. The summed E-state index contributed by atoms with van der Waals surface area (Å²) in [5, 5.41) is 3.20. The number of rotatable bonds is 4. The first-order chi connectivity index (χ1) is 7.68. The molecule has 0 aliphatic heterocycles. The van der Waals surface area contributed by atoms with E-state index in [0.29, 0.717) is 18.5 Å². The van der Waals surface area contributed by atoms with Crippen LogP contribution in [0.3, 0.4) is 0 Å². The molecule has 3 heteroatoms. The van der Waals surface area contributed by atoms with Crippen molar-refractivity contribution in [2.24, 2.45) is 17.1 Å². The maximum Gasteiger partial charge on any atom is 0.227 e. The normalized spacial score (nSPS) is 26.1. The Labute approximate surface area is 98.2 Å². The predicted molar refractivity (Wildman–Crippen MR) is 64.9 cm³/mol. The molecule has 2 aliphatic rings. The van der Waals surface area contributed by atoms with E-state index in [0.717, 1.165) is 25.7 Å². The van der Waals surface area contributed by atoms with Gasteiger partial charge in [0.05, 0.1) is 5.41 Å². The SMILES string of the molecule is CC(NC(=O)C1(CN)CCCC1)C1CCC1. The van der Waals surface area contributed by atoms with Gasteiger partial charge in [0.2, 0.25) is 5.91 Å². The van der Waals surface area contributed by atoms with Crippen molar-refractivity contribution in [3.63, 3.8) is 0 Å². The zero-order chi connectivity index (χ0) is 11.6. The highest BCUT2D eigenvalue weighted by Crippen LogP contribution is 2.38. The van der Waals surface area contributed by atoms with Crippen molar-refractivity contribution >= 4 is 5.91 Å². The van der Waals surface area contributed by atoms with Crippen molar-refractivity contribution in [1.82, 2.24) is 5.32 Å². The second-order valence-corrected chi connectivity index (χ2v) is 5.64. The van der Waals surface area contributed by atoms with Crippen LogP contribution in [0.1, 0.15) is 51.9 Å². The van der Waals surface area contributed by atoms with Gasteiger partial charge in [0.25, 0.3) is 0 Å². The molecule has 0 aromatic heterocycles. The van der Waals surface area contributed by atoms with Crippen molar-refractivity contribution in [2.75, 3.05) is 6.54 Å². The lowest BCUT2D eigenvalue weighted by Crippen LogP contribution is -2.50. The van der Waals surface area contributed by atoms with Gasteiger partial charge in [-0.1, -0.05) is 19.3 Å². The lowest BCUT2D eigenvalue weighted by atomic mass is 9.79. The summed E-state index contributed by atoms with van der Waals surface area (Å²) in [5.74, 6) is 0.923. The van der Waals surface area contributed by atoms with E-state index in [1.807, 2.05) is 0 Å². The average molecular weight is 224 g/mol. The Balaban J connectivity index is 1.90. The maximum atomic E-state index is 12.3. The number of nitrogens with one attached hydrogen (secondary N) is 1. The second kappa shape index (κ2) is 4.74. The zero-order valence-corrected chi connectivity index (χ0v) is 10.3. The number of carbonyl (C=O) groups excluding carboxylic acids is 1. The van der Waals surface area contributed by atoms with Gasteiger partial charge in [-0.05, 0) is 38.5 Å². The Morgan fingerprint density at radius 3 is 2.44 bits per heavy atom. The fraction of sp³-hybridized carbons (Fsp3) is 0.923. The van der Waals surface area contributed by atoms with E-state index < -0.39 is 0 Å². The van der Waals surface area contributed by atoms with Crippen LogP contribution in [-0.4, -0.2) is 18.5 Å². The molecule has 92 valence electrons. The van der Waals surface area contributed by atoms with Crippen LogP contribution >= 0.6 is 0 Å². The topological polar surface area (TPSA) is 55.1 Å². The van der Waals surface area contributed by atoms with E-state index in [9.17, 15) is 4.79 Å². The lowest BCUT2D eigenvalue weighted by Gasteiger charge is -2.35. The van der Waals surface area contributed by atoms with E-state index in [2.05, 4.69) is 12.2 Å². The zero-order valence-electron chi connectivity index (χ0n) is 10.3. The van der Waals surface area contributed by atoms with Crippen molar-refractivity contribution in [2.45, 2.75) is 57.9 Å². The second-order valence-electron chi connectivity index (χ2n) is 5.64. The van der Waals surface area contributed by atoms with E-state index in [-0.39, 0.29) is 11.3 Å². The third-order valence-corrected chi connectivity index (χ3v) is 4.65. The Kier molecular flexibility index (Phi) is 3.53. The smallest absolute Gasteiger partial charge is 0.227 e. The van der Waals surface area contributed by atoms with E-state index in [1.54, 1.807) is 0 Å². The van der Waals surface area contributed by atoms with Crippen molar-refractivity contribution in [3.8, 4) is 0 Å². The fourth-order valence-corrected chi connectivity index (χ4v) is 2.99. The van der Waals surface area contributed by atoms with Crippen molar-refractivity contribution in [1.29, 1.82) is 0 Å². The Morgan fingerprint density at radius 1 is 1.38 bits per heavy atom. The number of hydrogen-bond donors (Lipinski definition) is 2. The molecule has 0 heterocycles. The van der Waals surface area contributed by atoms with Gasteiger partial charge in [-0.15, -0.1) is 0 Å². The van der Waals surface area contributed by atoms with E-state index in [4.69, 9.17) is 5.73 Å². The van der Waals surface area contributed by atoms with E-state index in [1.165, 1.54) is 19.3 Å². The van der Waals surface area contributed by atoms with Crippen LogP contribution < -0.4 is 11.1 Å².